The Kier molecular flexibility index (Phi) is 4.51. The number of amides is 1. The molecule has 2 heterocycles. The number of nitrogens with zero attached hydrogens (tertiary/aromatic N) is 4. The number of piperazine rings is 1. The minimum Gasteiger partial charge on any atom is -0.450 e. The lowest BCUT2D eigenvalue weighted by Crippen LogP contribution is -2.48. The second kappa shape index (κ2) is 6.33. The summed E-state index contributed by atoms with van der Waals surface area (Å²) >= 11 is 0. The van der Waals surface area contributed by atoms with Crippen LogP contribution in [0.1, 0.15) is 12.7 Å². The Hall–Kier alpha value is -1.89. The van der Waals surface area contributed by atoms with E-state index in [9.17, 15) is 4.79 Å². The van der Waals surface area contributed by atoms with Crippen LogP contribution in [0.3, 0.4) is 0 Å². The molecule has 0 atom stereocenters. The Labute approximate surface area is 112 Å². The maximum absolute atomic E-state index is 11.6. The monoisotopic (exact) mass is 265 g/mol. The summed E-state index contributed by atoms with van der Waals surface area (Å²) in [6.07, 6.45) is 1.43. The van der Waals surface area contributed by atoms with Gasteiger partial charge in [-0.15, -0.1) is 0 Å². The highest BCUT2D eigenvalue weighted by atomic mass is 16.6. The van der Waals surface area contributed by atoms with Gasteiger partial charge in [0.2, 0.25) is 0 Å². The van der Waals surface area contributed by atoms with Crippen molar-refractivity contribution in [2.24, 2.45) is 0 Å². The van der Waals surface area contributed by atoms with Crippen molar-refractivity contribution in [2.45, 2.75) is 13.5 Å². The number of rotatable bonds is 3. The van der Waals surface area contributed by atoms with Crippen molar-refractivity contribution in [1.82, 2.24) is 19.8 Å². The molecule has 1 saturated heterocycles. The van der Waals surface area contributed by atoms with E-state index in [2.05, 4.69) is 14.9 Å². The van der Waals surface area contributed by atoms with E-state index in [-0.39, 0.29) is 6.09 Å². The van der Waals surface area contributed by atoms with Crippen molar-refractivity contribution < 1.29 is 9.53 Å². The molecule has 0 unspecified atom stereocenters. The second-order valence-corrected chi connectivity index (χ2v) is 4.36. The Bertz CT molecular complexity index is 432. The summed E-state index contributed by atoms with van der Waals surface area (Å²) in [5, 5.41) is 0. The standard InChI is InChI=1S/C12H19N5O2/c1-2-19-12(18)17-7-5-16(6-8-17)9-11-14-4-3-10(13)15-11/h3-4H,2,5-9H2,1H3,(H2,13,14,15). The van der Waals surface area contributed by atoms with Gasteiger partial charge in [0.05, 0.1) is 13.2 Å². The van der Waals surface area contributed by atoms with Crippen LogP contribution in [-0.4, -0.2) is 58.6 Å². The van der Waals surface area contributed by atoms with Crippen LogP contribution >= 0.6 is 0 Å². The van der Waals surface area contributed by atoms with Crippen LogP contribution in [0.5, 0.6) is 0 Å². The number of aromatic nitrogens is 2. The van der Waals surface area contributed by atoms with Crippen LogP contribution in [0.2, 0.25) is 0 Å². The van der Waals surface area contributed by atoms with Crippen LogP contribution in [0.15, 0.2) is 12.3 Å². The summed E-state index contributed by atoms with van der Waals surface area (Å²) in [6, 6.07) is 1.67. The number of hydrogen-bond acceptors (Lipinski definition) is 6. The maximum Gasteiger partial charge on any atom is 0.409 e. The molecule has 19 heavy (non-hydrogen) atoms. The number of ether oxygens (including phenoxy) is 1. The lowest BCUT2D eigenvalue weighted by atomic mass is 10.3. The third-order valence-corrected chi connectivity index (χ3v) is 2.99. The molecule has 2 rings (SSSR count). The second-order valence-electron chi connectivity index (χ2n) is 4.36. The van der Waals surface area contributed by atoms with Gasteiger partial charge in [0.1, 0.15) is 11.6 Å². The van der Waals surface area contributed by atoms with E-state index in [1.54, 1.807) is 17.2 Å². The zero-order valence-electron chi connectivity index (χ0n) is 11.1. The molecule has 1 aliphatic rings. The van der Waals surface area contributed by atoms with Gasteiger partial charge in [0.25, 0.3) is 0 Å². The maximum atomic E-state index is 11.6. The van der Waals surface area contributed by atoms with E-state index in [1.165, 1.54) is 0 Å². The van der Waals surface area contributed by atoms with E-state index in [4.69, 9.17) is 10.5 Å². The molecule has 1 amide bonds. The third kappa shape index (κ3) is 3.78. The van der Waals surface area contributed by atoms with Crippen LogP contribution < -0.4 is 5.73 Å². The molecule has 1 aromatic heterocycles. The van der Waals surface area contributed by atoms with Crippen molar-refractivity contribution in [3.63, 3.8) is 0 Å². The molecule has 2 N–H and O–H groups in total. The summed E-state index contributed by atoms with van der Waals surface area (Å²) in [5.41, 5.74) is 5.62. The topological polar surface area (TPSA) is 84.6 Å². The summed E-state index contributed by atoms with van der Waals surface area (Å²) < 4.78 is 4.98. The first kappa shape index (κ1) is 13.5. The number of carbonyl (C=O) groups excluding carboxylic acids is 1. The first-order chi connectivity index (χ1) is 9.19. The van der Waals surface area contributed by atoms with Gasteiger partial charge in [-0.25, -0.2) is 14.8 Å². The molecular formula is C12H19N5O2. The normalized spacial score (nSPS) is 16.4. The highest BCUT2D eigenvalue weighted by molar-refractivity contribution is 5.67. The molecule has 0 aliphatic carbocycles. The zero-order chi connectivity index (χ0) is 13.7. The Morgan fingerprint density at radius 3 is 2.79 bits per heavy atom. The molecule has 7 nitrogen and oxygen atoms in total. The SMILES string of the molecule is CCOC(=O)N1CCN(Cc2nccc(N)n2)CC1. The van der Waals surface area contributed by atoms with Crippen LogP contribution in [-0.2, 0) is 11.3 Å². The summed E-state index contributed by atoms with van der Waals surface area (Å²) in [4.78, 5) is 23.8. The molecule has 1 aliphatic heterocycles. The van der Waals surface area contributed by atoms with E-state index in [0.29, 0.717) is 37.9 Å². The lowest BCUT2D eigenvalue weighted by Gasteiger charge is -2.33. The Morgan fingerprint density at radius 1 is 1.42 bits per heavy atom. The fourth-order valence-electron chi connectivity index (χ4n) is 1.99. The fourth-order valence-corrected chi connectivity index (χ4v) is 1.99. The van der Waals surface area contributed by atoms with Crippen molar-refractivity contribution in [3.05, 3.63) is 18.1 Å². The van der Waals surface area contributed by atoms with Gasteiger partial charge in [-0.2, -0.15) is 0 Å². The molecule has 0 bridgehead atoms. The Balaban J connectivity index is 1.82. The highest BCUT2D eigenvalue weighted by Gasteiger charge is 2.22. The summed E-state index contributed by atoms with van der Waals surface area (Å²) in [7, 11) is 0. The van der Waals surface area contributed by atoms with E-state index in [0.717, 1.165) is 13.1 Å². The summed E-state index contributed by atoms with van der Waals surface area (Å²) in [5.74, 6) is 1.19. The van der Waals surface area contributed by atoms with E-state index in [1.807, 2.05) is 6.92 Å². The van der Waals surface area contributed by atoms with Crippen molar-refractivity contribution in [1.29, 1.82) is 0 Å². The number of nitrogens with two attached hydrogens (primary N) is 1. The molecule has 1 fully saturated rings. The van der Waals surface area contributed by atoms with Gasteiger partial charge in [0.15, 0.2) is 0 Å². The number of anilines is 1. The van der Waals surface area contributed by atoms with Gasteiger partial charge < -0.3 is 15.4 Å². The fraction of sp³-hybridized carbons (Fsp3) is 0.583. The van der Waals surface area contributed by atoms with E-state index < -0.39 is 0 Å². The smallest absolute Gasteiger partial charge is 0.409 e. The minimum atomic E-state index is -0.234. The first-order valence-corrected chi connectivity index (χ1v) is 6.40. The van der Waals surface area contributed by atoms with Gasteiger partial charge >= 0.3 is 6.09 Å². The van der Waals surface area contributed by atoms with Gasteiger partial charge in [-0.05, 0) is 13.0 Å². The predicted octanol–water partition coefficient (Wildman–Crippen LogP) is 0.333. The Morgan fingerprint density at radius 2 is 2.16 bits per heavy atom. The van der Waals surface area contributed by atoms with Crippen molar-refractivity contribution >= 4 is 11.9 Å². The molecule has 0 spiro atoms. The molecule has 1 aromatic rings. The van der Waals surface area contributed by atoms with Gasteiger partial charge in [0, 0.05) is 32.4 Å². The van der Waals surface area contributed by atoms with Crippen LogP contribution in [0, 0.1) is 0 Å². The van der Waals surface area contributed by atoms with Crippen LogP contribution in [0.25, 0.3) is 0 Å². The number of carbonyl (C=O) groups is 1. The van der Waals surface area contributed by atoms with Crippen molar-refractivity contribution in [2.75, 3.05) is 38.5 Å². The molecule has 104 valence electrons. The highest BCUT2D eigenvalue weighted by Crippen LogP contribution is 2.07. The average Bonchev–Trinajstić information content (AvgIpc) is 2.40. The van der Waals surface area contributed by atoms with Crippen LogP contribution in [0.4, 0.5) is 10.6 Å². The molecule has 7 heteroatoms. The minimum absolute atomic E-state index is 0.234. The average molecular weight is 265 g/mol. The van der Waals surface area contributed by atoms with Crippen molar-refractivity contribution in [3.8, 4) is 0 Å². The molecular weight excluding hydrogens is 246 g/mol. The zero-order valence-corrected chi connectivity index (χ0v) is 11.1. The largest absolute Gasteiger partial charge is 0.450 e. The quantitative estimate of drug-likeness (QED) is 0.848. The third-order valence-electron chi connectivity index (χ3n) is 2.99. The molecule has 0 saturated carbocycles. The number of nitrogen functional groups attached to an aromatic ring is 1. The molecule has 0 radical (unpaired) electrons. The van der Waals surface area contributed by atoms with Gasteiger partial charge in [-0.3, -0.25) is 4.90 Å². The van der Waals surface area contributed by atoms with Gasteiger partial charge in [-0.1, -0.05) is 0 Å². The number of hydrogen-bond donors (Lipinski definition) is 1. The summed E-state index contributed by atoms with van der Waals surface area (Å²) in [6.45, 7) is 5.79. The first-order valence-electron chi connectivity index (χ1n) is 6.40. The van der Waals surface area contributed by atoms with E-state index >= 15 is 0 Å². The molecule has 0 aromatic carbocycles. The predicted molar refractivity (Wildman–Crippen MR) is 70.3 cm³/mol. The lowest BCUT2D eigenvalue weighted by molar-refractivity contribution is 0.0772.